The molecule has 1 aromatic rings. The Morgan fingerprint density at radius 1 is 1.59 bits per heavy atom. The maximum absolute atomic E-state index is 5.62. The van der Waals surface area contributed by atoms with Crippen LogP contribution in [0.5, 0.6) is 0 Å². The average molecular weight is 314 g/mol. The second kappa shape index (κ2) is 5.33. The summed E-state index contributed by atoms with van der Waals surface area (Å²) in [6.07, 6.45) is 1.19. The Morgan fingerprint density at radius 2 is 2.35 bits per heavy atom. The number of nitrogens with one attached hydrogen (secondary N) is 1. The van der Waals surface area contributed by atoms with Gasteiger partial charge >= 0.3 is 0 Å². The molecular weight excluding hydrogens is 298 g/mol. The van der Waals surface area contributed by atoms with Crippen molar-refractivity contribution in [3.63, 3.8) is 0 Å². The standard InChI is InChI=1S/C12H16BrN3S/c1-16-5-4-9(7-16)15-8-2-3-10(12(14)17)11(13)6-8/h2-3,6,9,15H,4-5,7H2,1H3,(H2,14,17). The van der Waals surface area contributed by atoms with Gasteiger partial charge in [0, 0.05) is 28.3 Å². The van der Waals surface area contributed by atoms with Crippen molar-refractivity contribution in [1.29, 1.82) is 0 Å². The highest BCUT2D eigenvalue weighted by Crippen LogP contribution is 2.23. The molecule has 0 spiro atoms. The van der Waals surface area contributed by atoms with Crippen molar-refractivity contribution in [2.75, 3.05) is 25.5 Å². The molecule has 0 aromatic heterocycles. The van der Waals surface area contributed by atoms with Gasteiger partial charge in [-0.15, -0.1) is 0 Å². The van der Waals surface area contributed by atoms with Crippen LogP contribution >= 0.6 is 28.1 Å². The van der Waals surface area contributed by atoms with Crippen molar-refractivity contribution in [3.05, 3.63) is 28.2 Å². The van der Waals surface area contributed by atoms with Crippen LogP contribution in [0.25, 0.3) is 0 Å². The van der Waals surface area contributed by atoms with Gasteiger partial charge < -0.3 is 16.0 Å². The van der Waals surface area contributed by atoms with E-state index in [9.17, 15) is 0 Å². The van der Waals surface area contributed by atoms with Gasteiger partial charge in [0.2, 0.25) is 0 Å². The lowest BCUT2D eigenvalue weighted by atomic mass is 10.2. The smallest absolute Gasteiger partial charge is 0.105 e. The first-order valence-corrected chi connectivity index (χ1v) is 6.81. The Bertz CT molecular complexity index is 436. The SMILES string of the molecule is CN1CCC(Nc2ccc(C(N)=S)c(Br)c2)C1. The minimum atomic E-state index is 0.420. The first-order valence-electron chi connectivity index (χ1n) is 5.60. The molecule has 0 bridgehead atoms. The number of hydrogen-bond acceptors (Lipinski definition) is 3. The third kappa shape index (κ3) is 3.18. The van der Waals surface area contributed by atoms with Crippen LogP contribution in [0.2, 0.25) is 0 Å². The summed E-state index contributed by atoms with van der Waals surface area (Å²) in [5.74, 6) is 0. The lowest BCUT2D eigenvalue weighted by Crippen LogP contribution is -2.23. The van der Waals surface area contributed by atoms with Crippen molar-refractivity contribution in [1.82, 2.24) is 4.90 Å². The van der Waals surface area contributed by atoms with Crippen molar-refractivity contribution in [2.45, 2.75) is 12.5 Å². The zero-order valence-electron chi connectivity index (χ0n) is 9.74. The number of likely N-dealkylation sites (N-methyl/N-ethyl adjacent to an activating group) is 1. The van der Waals surface area contributed by atoms with Gasteiger partial charge in [-0.05, 0) is 54.1 Å². The zero-order chi connectivity index (χ0) is 12.4. The number of hydrogen-bond donors (Lipinski definition) is 2. The Morgan fingerprint density at radius 3 is 2.88 bits per heavy atom. The number of nitrogens with zero attached hydrogens (tertiary/aromatic N) is 1. The van der Waals surface area contributed by atoms with E-state index in [0.29, 0.717) is 11.0 Å². The van der Waals surface area contributed by atoms with Crippen LogP contribution in [0.4, 0.5) is 5.69 Å². The number of halogens is 1. The number of thiocarbonyl (C=S) groups is 1. The molecule has 1 fully saturated rings. The molecule has 2 rings (SSSR count). The van der Waals surface area contributed by atoms with Crippen molar-refractivity contribution in [3.8, 4) is 0 Å². The highest BCUT2D eigenvalue weighted by molar-refractivity contribution is 9.10. The van der Waals surface area contributed by atoms with E-state index in [0.717, 1.165) is 28.8 Å². The van der Waals surface area contributed by atoms with E-state index >= 15 is 0 Å². The Hall–Kier alpha value is -0.650. The minimum Gasteiger partial charge on any atom is -0.389 e. The fourth-order valence-electron chi connectivity index (χ4n) is 2.09. The topological polar surface area (TPSA) is 41.3 Å². The summed E-state index contributed by atoms with van der Waals surface area (Å²) in [5.41, 5.74) is 7.61. The average Bonchev–Trinajstić information content (AvgIpc) is 2.63. The Kier molecular flexibility index (Phi) is 4.01. The predicted molar refractivity (Wildman–Crippen MR) is 79.6 cm³/mol. The normalized spacial score (nSPS) is 20.5. The molecule has 1 atom stereocenters. The molecule has 0 radical (unpaired) electrons. The largest absolute Gasteiger partial charge is 0.389 e. The summed E-state index contributed by atoms with van der Waals surface area (Å²) in [5, 5.41) is 3.52. The van der Waals surface area contributed by atoms with Crippen molar-refractivity contribution in [2.24, 2.45) is 5.73 Å². The monoisotopic (exact) mass is 313 g/mol. The summed E-state index contributed by atoms with van der Waals surface area (Å²) in [7, 11) is 2.15. The van der Waals surface area contributed by atoms with Crippen LogP contribution in [0.15, 0.2) is 22.7 Å². The number of anilines is 1. The highest BCUT2D eigenvalue weighted by Gasteiger charge is 2.19. The van der Waals surface area contributed by atoms with Crippen LogP contribution in [0, 0.1) is 0 Å². The molecule has 3 N–H and O–H groups in total. The molecule has 0 saturated carbocycles. The number of rotatable bonds is 3. The fraction of sp³-hybridized carbons (Fsp3) is 0.417. The van der Waals surface area contributed by atoms with Gasteiger partial charge in [0.05, 0.1) is 0 Å². The van der Waals surface area contributed by atoms with Crippen LogP contribution in [-0.2, 0) is 0 Å². The molecule has 3 nitrogen and oxygen atoms in total. The lowest BCUT2D eigenvalue weighted by molar-refractivity contribution is 0.414. The van der Waals surface area contributed by atoms with E-state index in [1.54, 1.807) is 0 Å². The molecule has 5 heteroatoms. The minimum absolute atomic E-state index is 0.420. The second-order valence-corrected chi connectivity index (χ2v) is 5.75. The molecule has 0 aliphatic carbocycles. The van der Waals surface area contributed by atoms with E-state index in [1.165, 1.54) is 6.42 Å². The van der Waals surface area contributed by atoms with Gasteiger partial charge in [-0.25, -0.2) is 0 Å². The molecule has 1 saturated heterocycles. The molecule has 1 aliphatic heterocycles. The third-order valence-corrected chi connectivity index (χ3v) is 3.87. The number of nitrogens with two attached hydrogens (primary N) is 1. The van der Waals surface area contributed by atoms with Gasteiger partial charge in [0.25, 0.3) is 0 Å². The van der Waals surface area contributed by atoms with Gasteiger partial charge in [-0.2, -0.15) is 0 Å². The van der Waals surface area contributed by atoms with Crippen molar-refractivity contribution >= 4 is 38.8 Å². The molecule has 0 amide bonds. The molecule has 1 aromatic carbocycles. The van der Waals surface area contributed by atoms with Crippen LogP contribution in [-0.4, -0.2) is 36.1 Å². The summed E-state index contributed by atoms with van der Waals surface area (Å²) < 4.78 is 0.946. The van der Waals surface area contributed by atoms with Crippen LogP contribution in [0.3, 0.4) is 0 Å². The molecule has 92 valence electrons. The third-order valence-electron chi connectivity index (χ3n) is 3.00. The lowest BCUT2D eigenvalue weighted by Gasteiger charge is -2.15. The van der Waals surface area contributed by atoms with Gasteiger partial charge in [0.15, 0.2) is 0 Å². The van der Waals surface area contributed by atoms with Crippen molar-refractivity contribution < 1.29 is 0 Å². The maximum atomic E-state index is 5.62. The van der Waals surface area contributed by atoms with Gasteiger partial charge in [-0.1, -0.05) is 12.2 Å². The summed E-state index contributed by atoms with van der Waals surface area (Å²) in [4.78, 5) is 2.75. The van der Waals surface area contributed by atoms with E-state index in [-0.39, 0.29) is 0 Å². The first kappa shape index (κ1) is 12.8. The second-order valence-electron chi connectivity index (χ2n) is 4.45. The molecule has 1 unspecified atom stereocenters. The zero-order valence-corrected chi connectivity index (χ0v) is 12.1. The van der Waals surface area contributed by atoms with Gasteiger partial charge in [0.1, 0.15) is 4.99 Å². The Balaban J connectivity index is 2.07. The van der Waals surface area contributed by atoms with E-state index in [1.807, 2.05) is 18.2 Å². The molecule has 1 heterocycles. The van der Waals surface area contributed by atoms with E-state index in [4.69, 9.17) is 18.0 Å². The Labute approximate surface area is 115 Å². The summed E-state index contributed by atoms with van der Waals surface area (Å²) >= 11 is 8.46. The van der Waals surface area contributed by atoms with Crippen LogP contribution in [0.1, 0.15) is 12.0 Å². The van der Waals surface area contributed by atoms with Gasteiger partial charge in [-0.3, -0.25) is 0 Å². The summed E-state index contributed by atoms with van der Waals surface area (Å²) in [6.45, 7) is 2.25. The molecule has 1 aliphatic rings. The number of likely N-dealkylation sites (tertiary alicyclic amines) is 1. The van der Waals surface area contributed by atoms with E-state index < -0.39 is 0 Å². The van der Waals surface area contributed by atoms with Crippen LogP contribution < -0.4 is 11.1 Å². The quantitative estimate of drug-likeness (QED) is 0.839. The summed E-state index contributed by atoms with van der Waals surface area (Å²) in [6, 6.07) is 6.54. The highest BCUT2D eigenvalue weighted by atomic mass is 79.9. The van der Waals surface area contributed by atoms with E-state index in [2.05, 4.69) is 33.2 Å². The fourth-order valence-corrected chi connectivity index (χ4v) is 2.99. The first-order chi connectivity index (χ1) is 8.06. The number of benzene rings is 1. The molecular formula is C12H16BrN3S. The molecule has 17 heavy (non-hydrogen) atoms. The maximum Gasteiger partial charge on any atom is 0.105 e. The predicted octanol–water partition coefficient (Wildman–Crippen LogP) is 2.20.